The Balaban J connectivity index is 1.40. The van der Waals surface area contributed by atoms with Crippen molar-refractivity contribution in [3.05, 3.63) is 59.7 Å². The molecule has 0 radical (unpaired) electrons. The van der Waals surface area contributed by atoms with Crippen molar-refractivity contribution in [3.63, 3.8) is 0 Å². The van der Waals surface area contributed by atoms with E-state index in [1.54, 1.807) is 54.5 Å². The number of nitrogens with one attached hydrogen (secondary N) is 1. The minimum absolute atomic E-state index is 0.0168. The highest BCUT2D eigenvalue weighted by molar-refractivity contribution is 5.95. The molecule has 10 heteroatoms. The maximum Gasteiger partial charge on any atom is 0.260 e. The molecule has 2 unspecified atom stereocenters. The van der Waals surface area contributed by atoms with E-state index in [1.807, 2.05) is 6.07 Å². The lowest BCUT2D eigenvalue weighted by atomic mass is 9.97. The van der Waals surface area contributed by atoms with E-state index in [0.717, 1.165) is 17.5 Å². The Morgan fingerprint density at radius 1 is 1.11 bits per heavy atom. The number of hydrogen-bond donors (Lipinski definition) is 2. The van der Waals surface area contributed by atoms with E-state index in [4.69, 9.17) is 15.2 Å². The highest BCUT2D eigenvalue weighted by Gasteiger charge is 2.35. The van der Waals surface area contributed by atoms with Gasteiger partial charge in [-0.25, -0.2) is 13.5 Å². The van der Waals surface area contributed by atoms with Gasteiger partial charge in [0.05, 0.1) is 26.0 Å². The largest absolute Gasteiger partial charge is 0.493 e. The molecule has 36 heavy (non-hydrogen) atoms. The number of carbonyl (C=O) groups is 1. The second-order valence-electron chi connectivity index (χ2n) is 9.19. The van der Waals surface area contributed by atoms with Crippen molar-refractivity contribution in [1.82, 2.24) is 14.7 Å². The second kappa shape index (κ2) is 9.77. The van der Waals surface area contributed by atoms with Crippen molar-refractivity contribution in [1.29, 1.82) is 0 Å². The number of nitrogens with zero attached hydrogens (tertiary/aromatic N) is 3. The molecule has 1 saturated heterocycles. The number of hydrogen-bond acceptors (Lipinski definition) is 6. The molecule has 0 bridgehead atoms. The number of alkyl halides is 2. The van der Waals surface area contributed by atoms with E-state index in [-0.39, 0.29) is 24.4 Å². The number of nitrogens with two attached hydrogens (primary N) is 1. The Morgan fingerprint density at radius 3 is 2.50 bits per heavy atom. The summed E-state index contributed by atoms with van der Waals surface area (Å²) in [5.41, 5.74) is 8.59. The lowest BCUT2D eigenvalue weighted by Gasteiger charge is -2.32. The van der Waals surface area contributed by atoms with E-state index in [9.17, 15) is 13.6 Å². The van der Waals surface area contributed by atoms with Gasteiger partial charge in [0.15, 0.2) is 11.5 Å². The fourth-order valence-corrected chi connectivity index (χ4v) is 4.91. The number of aromatic nitrogens is 2. The summed E-state index contributed by atoms with van der Waals surface area (Å²) < 4.78 is 40.2. The maximum atomic E-state index is 14.1. The van der Waals surface area contributed by atoms with Gasteiger partial charge in [-0.2, -0.15) is 5.10 Å². The van der Waals surface area contributed by atoms with Gasteiger partial charge in [0.2, 0.25) is 0 Å². The average molecular weight is 498 g/mol. The molecule has 8 nitrogen and oxygen atoms in total. The normalized spacial score (nSPS) is 21.3. The van der Waals surface area contributed by atoms with Crippen LogP contribution in [0.15, 0.2) is 48.5 Å². The Hall–Kier alpha value is -3.66. The first-order valence-corrected chi connectivity index (χ1v) is 11.9. The van der Waals surface area contributed by atoms with E-state index in [1.165, 1.54) is 11.8 Å². The fraction of sp³-hybridized carbons (Fsp3) is 0.385. The van der Waals surface area contributed by atoms with Gasteiger partial charge in [0.25, 0.3) is 12.3 Å². The van der Waals surface area contributed by atoms with Crippen LogP contribution in [0.2, 0.25) is 0 Å². The minimum Gasteiger partial charge on any atom is -0.493 e. The monoisotopic (exact) mass is 497 g/mol. The first-order chi connectivity index (χ1) is 17.4. The summed E-state index contributed by atoms with van der Waals surface area (Å²) in [6.45, 7) is 1.20. The molecule has 190 valence electrons. The molecule has 1 aromatic heterocycles. The number of likely N-dealkylation sites (tertiary alicyclic amines) is 1. The van der Waals surface area contributed by atoms with Crippen LogP contribution in [0.3, 0.4) is 0 Å². The fourth-order valence-electron chi connectivity index (χ4n) is 4.91. The summed E-state index contributed by atoms with van der Waals surface area (Å²) in [6, 6.07) is 12.8. The van der Waals surface area contributed by atoms with Crippen LogP contribution in [0, 0.1) is 0 Å². The van der Waals surface area contributed by atoms with Crippen molar-refractivity contribution < 1.29 is 23.0 Å². The standard InChI is InChI=1S/C26H29F2N5O3/c1-35-22-8-7-17(11-23(22)36-2)19-12-21(25(27)28)33-24(30-19)13-20(31-33)15-3-5-16(6-4-15)26(34)32-10-9-18(29)14-32/h3-8,11,13,18-19,21,25,30H,9-10,12,14,29H2,1-2H3/t18-,19?,21?/m0/s1. The van der Waals surface area contributed by atoms with Crippen molar-refractivity contribution in [3.8, 4) is 22.8 Å². The minimum atomic E-state index is -2.59. The Labute approximate surface area is 208 Å². The van der Waals surface area contributed by atoms with Gasteiger partial charge in [0, 0.05) is 36.3 Å². The number of benzene rings is 2. The molecule has 1 fully saturated rings. The molecule has 3 N–H and O–H groups in total. The van der Waals surface area contributed by atoms with Crippen LogP contribution in [0.25, 0.3) is 11.3 Å². The van der Waals surface area contributed by atoms with Gasteiger partial charge in [0.1, 0.15) is 11.9 Å². The Kier molecular flexibility index (Phi) is 6.53. The van der Waals surface area contributed by atoms with Gasteiger partial charge >= 0.3 is 0 Å². The Bertz CT molecular complexity index is 1250. The van der Waals surface area contributed by atoms with E-state index in [2.05, 4.69) is 10.4 Å². The van der Waals surface area contributed by atoms with Gasteiger partial charge in [-0.1, -0.05) is 18.2 Å². The zero-order chi connectivity index (χ0) is 25.4. The number of fused-ring (bicyclic) bond motifs is 1. The maximum absolute atomic E-state index is 14.1. The number of anilines is 1. The number of halogens is 2. The van der Waals surface area contributed by atoms with Crippen LogP contribution in [-0.4, -0.2) is 60.4 Å². The van der Waals surface area contributed by atoms with Crippen molar-refractivity contribution in [2.24, 2.45) is 5.73 Å². The topological polar surface area (TPSA) is 94.6 Å². The molecular weight excluding hydrogens is 468 g/mol. The molecule has 0 aliphatic carbocycles. The summed E-state index contributed by atoms with van der Waals surface area (Å²) >= 11 is 0. The van der Waals surface area contributed by atoms with Crippen molar-refractivity contribution in [2.45, 2.75) is 37.4 Å². The van der Waals surface area contributed by atoms with Crippen LogP contribution in [0.4, 0.5) is 14.6 Å². The van der Waals surface area contributed by atoms with E-state index in [0.29, 0.717) is 41.7 Å². The molecule has 2 aromatic carbocycles. The molecule has 3 atom stereocenters. The molecular formula is C26H29F2N5O3. The van der Waals surface area contributed by atoms with Crippen molar-refractivity contribution >= 4 is 11.7 Å². The van der Waals surface area contributed by atoms with Crippen LogP contribution in [0.1, 0.15) is 40.8 Å². The highest BCUT2D eigenvalue weighted by atomic mass is 19.3. The zero-order valence-corrected chi connectivity index (χ0v) is 20.2. The van der Waals surface area contributed by atoms with E-state index >= 15 is 0 Å². The van der Waals surface area contributed by atoms with Gasteiger partial charge in [-0.3, -0.25) is 4.79 Å². The third-order valence-corrected chi connectivity index (χ3v) is 6.89. The summed E-state index contributed by atoms with van der Waals surface area (Å²) in [6.07, 6.45) is -1.63. The second-order valence-corrected chi connectivity index (χ2v) is 9.19. The average Bonchev–Trinajstić information content (AvgIpc) is 3.53. The van der Waals surface area contributed by atoms with Crippen LogP contribution < -0.4 is 20.5 Å². The summed E-state index contributed by atoms with van der Waals surface area (Å²) in [7, 11) is 3.09. The Morgan fingerprint density at radius 2 is 1.86 bits per heavy atom. The molecule has 3 heterocycles. The number of methoxy groups -OCH3 is 2. The first-order valence-electron chi connectivity index (χ1n) is 11.9. The zero-order valence-electron chi connectivity index (χ0n) is 20.2. The van der Waals surface area contributed by atoms with Gasteiger partial charge < -0.3 is 25.4 Å². The predicted octanol–water partition coefficient (Wildman–Crippen LogP) is 4.10. The van der Waals surface area contributed by atoms with Crippen molar-refractivity contribution in [2.75, 3.05) is 32.6 Å². The first kappa shape index (κ1) is 24.1. The van der Waals surface area contributed by atoms with Gasteiger partial charge in [-0.15, -0.1) is 0 Å². The number of ether oxygens (including phenoxy) is 2. The molecule has 2 aliphatic rings. The molecule has 1 amide bonds. The number of amides is 1. The summed E-state index contributed by atoms with van der Waals surface area (Å²) in [4.78, 5) is 14.5. The smallest absolute Gasteiger partial charge is 0.260 e. The molecule has 3 aromatic rings. The SMILES string of the molecule is COc1ccc(C2CC(C(F)F)n3nc(-c4ccc(C(=O)N5CC[C@H](N)C5)cc4)cc3N2)cc1OC. The predicted molar refractivity (Wildman–Crippen MR) is 132 cm³/mol. The lowest BCUT2D eigenvalue weighted by molar-refractivity contribution is 0.0659. The third kappa shape index (κ3) is 4.48. The van der Waals surface area contributed by atoms with Crippen LogP contribution in [0.5, 0.6) is 11.5 Å². The highest BCUT2D eigenvalue weighted by Crippen LogP contribution is 2.41. The molecule has 0 saturated carbocycles. The third-order valence-electron chi connectivity index (χ3n) is 6.89. The quantitative estimate of drug-likeness (QED) is 0.533. The van der Waals surface area contributed by atoms with Crippen LogP contribution in [-0.2, 0) is 0 Å². The lowest BCUT2D eigenvalue weighted by Crippen LogP contribution is -2.31. The summed E-state index contributed by atoms with van der Waals surface area (Å²) in [5, 5.41) is 7.84. The number of rotatable bonds is 6. The molecule has 5 rings (SSSR count). The van der Waals surface area contributed by atoms with E-state index < -0.39 is 12.5 Å². The molecule has 2 aliphatic heterocycles. The van der Waals surface area contributed by atoms with Crippen LogP contribution >= 0.6 is 0 Å². The summed E-state index contributed by atoms with van der Waals surface area (Å²) in [5.74, 6) is 1.56. The molecule has 0 spiro atoms. The van der Waals surface area contributed by atoms with Gasteiger partial charge in [-0.05, 0) is 42.7 Å². The number of carbonyl (C=O) groups excluding carboxylic acids is 1.